The van der Waals surface area contributed by atoms with Crippen LogP contribution in [-0.2, 0) is 15.9 Å². The first-order chi connectivity index (χ1) is 8.62. The summed E-state index contributed by atoms with van der Waals surface area (Å²) >= 11 is 0. The number of rotatable bonds is 5. The van der Waals surface area contributed by atoms with Gasteiger partial charge < -0.3 is 9.47 Å². The lowest BCUT2D eigenvalue weighted by molar-refractivity contribution is 0.0526. The van der Waals surface area contributed by atoms with Gasteiger partial charge in [0, 0.05) is 5.69 Å². The number of pyridine rings is 1. The molecule has 1 heterocycles. The fourth-order valence-electron chi connectivity index (χ4n) is 1.44. The fourth-order valence-corrected chi connectivity index (χ4v) is 1.44. The second kappa shape index (κ2) is 6.74. The molecular formula is C13H18N2O3. The number of aromatic nitrogens is 1. The lowest BCUT2D eigenvalue weighted by Gasteiger charge is -2.08. The minimum atomic E-state index is -0.403. The molecule has 0 aliphatic carbocycles. The van der Waals surface area contributed by atoms with Crippen molar-refractivity contribution in [2.24, 2.45) is 0 Å². The molecule has 0 aliphatic heterocycles. The van der Waals surface area contributed by atoms with E-state index < -0.39 is 5.97 Å². The van der Waals surface area contributed by atoms with Gasteiger partial charge in [0.25, 0.3) is 0 Å². The predicted octanol–water partition coefficient (Wildman–Crippen LogP) is 2.18. The van der Waals surface area contributed by atoms with Crippen LogP contribution < -0.4 is 0 Å². The van der Waals surface area contributed by atoms with E-state index in [0.717, 1.165) is 5.69 Å². The van der Waals surface area contributed by atoms with Crippen molar-refractivity contribution in [1.29, 1.82) is 5.41 Å². The van der Waals surface area contributed by atoms with Crippen molar-refractivity contribution in [2.75, 3.05) is 13.2 Å². The number of aryl methyl sites for hydroxylation is 1. The van der Waals surface area contributed by atoms with Crippen molar-refractivity contribution in [2.45, 2.75) is 27.2 Å². The quantitative estimate of drug-likeness (QED) is 0.494. The molecule has 5 heteroatoms. The van der Waals surface area contributed by atoms with Crippen LogP contribution in [0.1, 0.15) is 42.5 Å². The van der Waals surface area contributed by atoms with Crippen molar-refractivity contribution in [1.82, 2.24) is 4.98 Å². The first-order valence-corrected chi connectivity index (χ1v) is 6.02. The normalized spacial score (nSPS) is 9.94. The van der Waals surface area contributed by atoms with E-state index in [1.54, 1.807) is 19.9 Å². The molecule has 98 valence electrons. The highest BCUT2D eigenvalue weighted by atomic mass is 16.5. The second-order valence-corrected chi connectivity index (χ2v) is 3.57. The highest BCUT2D eigenvalue weighted by Crippen LogP contribution is 2.10. The molecule has 0 aliphatic rings. The van der Waals surface area contributed by atoms with Crippen LogP contribution in [-0.4, -0.2) is 30.1 Å². The van der Waals surface area contributed by atoms with E-state index in [1.807, 2.05) is 6.92 Å². The zero-order valence-corrected chi connectivity index (χ0v) is 10.9. The topological polar surface area (TPSA) is 72.3 Å². The Morgan fingerprint density at radius 2 is 1.89 bits per heavy atom. The van der Waals surface area contributed by atoms with E-state index >= 15 is 0 Å². The molecule has 0 fully saturated rings. The molecule has 0 amide bonds. The van der Waals surface area contributed by atoms with Crippen LogP contribution in [0.4, 0.5) is 0 Å². The van der Waals surface area contributed by atoms with Gasteiger partial charge in [-0.3, -0.25) is 5.41 Å². The highest BCUT2D eigenvalue weighted by Gasteiger charge is 2.13. The summed E-state index contributed by atoms with van der Waals surface area (Å²) in [7, 11) is 0. The second-order valence-electron chi connectivity index (χ2n) is 3.57. The molecule has 0 radical (unpaired) electrons. The Balaban J connectivity index is 3.08. The molecule has 5 nitrogen and oxygen atoms in total. The molecule has 0 saturated carbocycles. The first kappa shape index (κ1) is 14.2. The molecule has 0 aromatic carbocycles. The summed E-state index contributed by atoms with van der Waals surface area (Å²) in [6, 6.07) is 3.20. The van der Waals surface area contributed by atoms with E-state index in [2.05, 4.69) is 4.98 Å². The summed E-state index contributed by atoms with van der Waals surface area (Å²) < 4.78 is 10.0. The van der Waals surface area contributed by atoms with Crippen molar-refractivity contribution < 1.29 is 14.3 Å². The van der Waals surface area contributed by atoms with E-state index in [1.165, 1.54) is 6.07 Å². The largest absolute Gasteiger partial charge is 0.477 e. The van der Waals surface area contributed by atoms with Crippen molar-refractivity contribution >= 4 is 11.9 Å². The molecule has 0 spiro atoms. The van der Waals surface area contributed by atoms with Crippen LogP contribution in [0.3, 0.4) is 0 Å². The van der Waals surface area contributed by atoms with Gasteiger partial charge in [0.2, 0.25) is 5.90 Å². The molecular weight excluding hydrogens is 232 g/mol. The molecule has 0 bridgehead atoms. The van der Waals surface area contributed by atoms with Crippen molar-refractivity contribution in [3.8, 4) is 0 Å². The van der Waals surface area contributed by atoms with Crippen LogP contribution in [0.15, 0.2) is 12.1 Å². The zero-order valence-electron chi connectivity index (χ0n) is 10.9. The summed E-state index contributed by atoms with van der Waals surface area (Å²) in [6.45, 7) is 6.20. The standard InChI is InChI=1S/C13H18N2O3/c1-4-10-7-9(13(16)18-6-3)8-11(15-10)12(14)17-5-2/h7-8,14H,4-6H2,1-3H3. The molecule has 18 heavy (non-hydrogen) atoms. The molecule has 1 aromatic rings. The molecule has 0 saturated heterocycles. The average molecular weight is 250 g/mol. The summed E-state index contributed by atoms with van der Waals surface area (Å²) in [5.41, 5.74) is 1.50. The Labute approximate surface area is 107 Å². The SMILES string of the molecule is CCOC(=N)c1cc(C(=O)OCC)cc(CC)n1. The van der Waals surface area contributed by atoms with Crippen LogP contribution in [0.2, 0.25) is 0 Å². The number of ether oxygens (including phenoxy) is 2. The Hall–Kier alpha value is -1.91. The summed E-state index contributed by atoms with van der Waals surface area (Å²) in [5, 5.41) is 7.70. The Morgan fingerprint density at radius 3 is 2.44 bits per heavy atom. The lowest BCUT2D eigenvalue weighted by atomic mass is 10.1. The molecule has 1 N–H and O–H groups in total. The third kappa shape index (κ3) is 3.55. The van der Waals surface area contributed by atoms with Gasteiger partial charge in [-0.15, -0.1) is 0 Å². The molecule has 0 atom stereocenters. The Kier molecular flexibility index (Phi) is 5.30. The third-order valence-electron chi connectivity index (χ3n) is 2.27. The summed E-state index contributed by atoms with van der Waals surface area (Å²) in [5.74, 6) is -0.432. The van der Waals surface area contributed by atoms with Gasteiger partial charge in [-0.05, 0) is 32.4 Å². The lowest BCUT2D eigenvalue weighted by Crippen LogP contribution is -2.12. The van der Waals surface area contributed by atoms with Crippen LogP contribution in [0, 0.1) is 5.41 Å². The maximum atomic E-state index is 11.7. The minimum Gasteiger partial charge on any atom is -0.477 e. The minimum absolute atomic E-state index is 0.0293. The molecule has 0 unspecified atom stereocenters. The number of nitrogens with zero attached hydrogens (tertiary/aromatic N) is 1. The highest BCUT2D eigenvalue weighted by molar-refractivity contribution is 5.95. The fraction of sp³-hybridized carbons (Fsp3) is 0.462. The first-order valence-electron chi connectivity index (χ1n) is 6.02. The third-order valence-corrected chi connectivity index (χ3v) is 2.27. The average Bonchev–Trinajstić information content (AvgIpc) is 2.38. The maximum absolute atomic E-state index is 11.7. The van der Waals surface area contributed by atoms with E-state index in [0.29, 0.717) is 30.9 Å². The number of carbonyl (C=O) groups is 1. The van der Waals surface area contributed by atoms with Gasteiger partial charge in [-0.2, -0.15) is 0 Å². The number of hydrogen-bond acceptors (Lipinski definition) is 5. The van der Waals surface area contributed by atoms with Crippen LogP contribution in [0.25, 0.3) is 0 Å². The van der Waals surface area contributed by atoms with Gasteiger partial charge in [0.15, 0.2) is 0 Å². The van der Waals surface area contributed by atoms with E-state index in [4.69, 9.17) is 14.9 Å². The number of esters is 1. The van der Waals surface area contributed by atoms with Gasteiger partial charge >= 0.3 is 5.97 Å². The summed E-state index contributed by atoms with van der Waals surface area (Å²) in [4.78, 5) is 15.9. The monoisotopic (exact) mass is 250 g/mol. The van der Waals surface area contributed by atoms with Crippen LogP contribution >= 0.6 is 0 Å². The Bertz CT molecular complexity index is 408. The summed E-state index contributed by atoms with van der Waals surface area (Å²) in [6.07, 6.45) is 0.680. The van der Waals surface area contributed by atoms with Gasteiger partial charge in [0.1, 0.15) is 5.69 Å². The molecule has 1 rings (SSSR count). The molecule has 1 aromatic heterocycles. The number of nitrogens with one attached hydrogen (secondary N) is 1. The number of carbonyl (C=O) groups excluding carboxylic acids is 1. The number of hydrogen-bond donors (Lipinski definition) is 1. The zero-order chi connectivity index (χ0) is 13.5. The maximum Gasteiger partial charge on any atom is 0.338 e. The van der Waals surface area contributed by atoms with Gasteiger partial charge in [-0.25, -0.2) is 9.78 Å². The van der Waals surface area contributed by atoms with E-state index in [-0.39, 0.29) is 5.90 Å². The van der Waals surface area contributed by atoms with Crippen molar-refractivity contribution in [3.05, 3.63) is 29.1 Å². The smallest absolute Gasteiger partial charge is 0.338 e. The predicted molar refractivity (Wildman–Crippen MR) is 68.0 cm³/mol. The van der Waals surface area contributed by atoms with E-state index in [9.17, 15) is 4.79 Å². The van der Waals surface area contributed by atoms with Gasteiger partial charge in [0.05, 0.1) is 18.8 Å². The van der Waals surface area contributed by atoms with Gasteiger partial charge in [-0.1, -0.05) is 6.92 Å². The van der Waals surface area contributed by atoms with Crippen molar-refractivity contribution in [3.63, 3.8) is 0 Å². The van der Waals surface area contributed by atoms with Crippen LogP contribution in [0.5, 0.6) is 0 Å². The Morgan fingerprint density at radius 1 is 1.22 bits per heavy atom.